The zero-order valence-electron chi connectivity index (χ0n) is 13.9. The highest BCUT2D eigenvalue weighted by Gasteiger charge is 2.36. The molecule has 0 N–H and O–H groups in total. The number of anilines is 1. The second kappa shape index (κ2) is 6.46. The third-order valence-corrected chi connectivity index (χ3v) is 4.65. The summed E-state index contributed by atoms with van der Waals surface area (Å²) >= 11 is 6.02. The largest absolute Gasteiger partial charge is 0.469 e. The van der Waals surface area contributed by atoms with Gasteiger partial charge in [-0.2, -0.15) is 0 Å². The van der Waals surface area contributed by atoms with Gasteiger partial charge in [-0.25, -0.2) is 4.98 Å². The molecule has 2 heterocycles. The highest BCUT2D eigenvalue weighted by atomic mass is 35.5. The number of aromatic nitrogens is 1. The Balaban J connectivity index is 1.66. The van der Waals surface area contributed by atoms with E-state index in [1.807, 2.05) is 12.1 Å². The van der Waals surface area contributed by atoms with E-state index in [4.69, 9.17) is 20.8 Å². The zero-order chi connectivity index (χ0) is 18.3. The number of methoxy groups -OCH3 is 1. The summed E-state index contributed by atoms with van der Waals surface area (Å²) in [6.45, 7) is 0.302. The molecular formula is C19H15ClN2O4. The van der Waals surface area contributed by atoms with E-state index in [2.05, 4.69) is 4.98 Å². The molecular weight excluding hydrogens is 356 g/mol. The molecule has 0 bridgehead atoms. The summed E-state index contributed by atoms with van der Waals surface area (Å²) in [5.74, 6) is -0.465. The van der Waals surface area contributed by atoms with Gasteiger partial charge in [-0.15, -0.1) is 0 Å². The molecule has 1 saturated heterocycles. The Morgan fingerprint density at radius 3 is 2.92 bits per heavy atom. The Morgan fingerprint density at radius 1 is 1.31 bits per heavy atom. The van der Waals surface area contributed by atoms with Gasteiger partial charge in [0, 0.05) is 29.2 Å². The number of ether oxygens (including phenoxy) is 1. The third-order valence-electron chi connectivity index (χ3n) is 4.41. The van der Waals surface area contributed by atoms with E-state index in [1.165, 1.54) is 7.11 Å². The summed E-state index contributed by atoms with van der Waals surface area (Å²) in [4.78, 5) is 30.0. The van der Waals surface area contributed by atoms with E-state index < -0.39 is 5.92 Å². The van der Waals surface area contributed by atoms with E-state index in [9.17, 15) is 9.59 Å². The first-order chi connectivity index (χ1) is 12.5. The number of halogens is 1. The zero-order valence-corrected chi connectivity index (χ0v) is 14.7. The van der Waals surface area contributed by atoms with Crippen LogP contribution in [0.4, 0.5) is 5.69 Å². The van der Waals surface area contributed by atoms with Crippen molar-refractivity contribution in [3.05, 3.63) is 47.5 Å². The minimum Gasteiger partial charge on any atom is -0.469 e. The smallest absolute Gasteiger partial charge is 0.311 e. The summed E-state index contributed by atoms with van der Waals surface area (Å²) in [6, 6.07) is 12.6. The van der Waals surface area contributed by atoms with Crippen molar-refractivity contribution in [2.45, 2.75) is 6.42 Å². The van der Waals surface area contributed by atoms with Crippen LogP contribution < -0.4 is 4.90 Å². The van der Waals surface area contributed by atoms with Crippen molar-refractivity contribution in [1.82, 2.24) is 4.98 Å². The number of hydrogen-bond acceptors (Lipinski definition) is 5. The Morgan fingerprint density at radius 2 is 2.15 bits per heavy atom. The van der Waals surface area contributed by atoms with Crippen molar-refractivity contribution in [3.8, 4) is 11.5 Å². The monoisotopic (exact) mass is 370 g/mol. The number of benzene rings is 2. The Bertz CT molecular complexity index is 1010. The molecule has 6 nitrogen and oxygen atoms in total. The minimum absolute atomic E-state index is 0.113. The van der Waals surface area contributed by atoms with Crippen molar-refractivity contribution in [2.75, 3.05) is 18.6 Å². The molecule has 0 spiro atoms. The molecule has 0 aliphatic carbocycles. The van der Waals surface area contributed by atoms with Crippen LogP contribution in [0.15, 0.2) is 46.9 Å². The lowest BCUT2D eigenvalue weighted by molar-refractivity contribution is -0.145. The van der Waals surface area contributed by atoms with E-state index in [0.717, 1.165) is 5.56 Å². The van der Waals surface area contributed by atoms with Crippen molar-refractivity contribution >= 4 is 40.3 Å². The van der Waals surface area contributed by atoms with Crippen LogP contribution in [0.5, 0.6) is 0 Å². The van der Waals surface area contributed by atoms with Crippen LogP contribution in [-0.4, -0.2) is 30.5 Å². The average Bonchev–Trinajstić information content (AvgIpc) is 3.24. The van der Waals surface area contributed by atoms with Crippen LogP contribution in [0, 0.1) is 5.92 Å². The summed E-state index contributed by atoms with van der Waals surface area (Å²) in [7, 11) is 1.33. The van der Waals surface area contributed by atoms with Gasteiger partial charge in [0.25, 0.3) is 0 Å². The third kappa shape index (κ3) is 2.93. The number of nitrogens with zero attached hydrogens (tertiary/aromatic N) is 2. The maximum atomic E-state index is 12.3. The van der Waals surface area contributed by atoms with Crippen molar-refractivity contribution < 1.29 is 18.7 Å². The van der Waals surface area contributed by atoms with Gasteiger partial charge in [-0.05, 0) is 36.4 Å². The summed E-state index contributed by atoms with van der Waals surface area (Å²) in [5.41, 5.74) is 2.70. The number of oxazole rings is 1. The van der Waals surface area contributed by atoms with Gasteiger partial charge >= 0.3 is 5.97 Å². The van der Waals surface area contributed by atoms with Crippen LogP contribution >= 0.6 is 11.6 Å². The van der Waals surface area contributed by atoms with Gasteiger partial charge in [0.05, 0.1) is 13.0 Å². The fourth-order valence-corrected chi connectivity index (χ4v) is 3.30. The average molecular weight is 371 g/mol. The van der Waals surface area contributed by atoms with E-state index >= 15 is 0 Å². The van der Waals surface area contributed by atoms with E-state index in [-0.39, 0.29) is 18.3 Å². The number of amides is 1. The SMILES string of the molecule is COC(=O)[C@@H]1CC(=O)N(c2ccc3oc(-c4cccc(Cl)c4)nc3c2)C1. The highest BCUT2D eigenvalue weighted by molar-refractivity contribution is 6.30. The summed E-state index contributed by atoms with van der Waals surface area (Å²) in [5, 5.41) is 0.599. The van der Waals surface area contributed by atoms with Gasteiger partial charge in [0.15, 0.2) is 5.58 Å². The van der Waals surface area contributed by atoms with Crippen LogP contribution in [0.25, 0.3) is 22.6 Å². The summed E-state index contributed by atoms with van der Waals surface area (Å²) < 4.78 is 10.5. The molecule has 1 fully saturated rings. The molecule has 1 aliphatic heterocycles. The number of fused-ring (bicyclic) bond motifs is 1. The second-order valence-electron chi connectivity index (χ2n) is 6.11. The maximum absolute atomic E-state index is 12.3. The lowest BCUT2D eigenvalue weighted by Gasteiger charge is -2.16. The number of hydrogen-bond donors (Lipinski definition) is 0. The number of carbonyl (C=O) groups excluding carboxylic acids is 2. The second-order valence-corrected chi connectivity index (χ2v) is 6.55. The van der Waals surface area contributed by atoms with Crippen molar-refractivity contribution in [2.24, 2.45) is 5.92 Å². The molecule has 1 aliphatic rings. The topological polar surface area (TPSA) is 72.6 Å². The fraction of sp³-hybridized carbons (Fsp3) is 0.211. The molecule has 0 saturated carbocycles. The lowest BCUT2D eigenvalue weighted by Crippen LogP contribution is -2.26. The van der Waals surface area contributed by atoms with E-state index in [1.54, 1.807) is 35.2 Å². The molecule has 1 aromatic heterocycles. The molecule has 7 heteroatoms. The molecule has 132 valence electrons. The van der Waals surface area contributed by atoms with Gasteiger partial charge < -0.3 is 14.1 Å². The fourth-order valence-electron chi connectivity index (χ4n) is 3.11. The highest BCUT2D eigenvalue weighted by Crippen LogP contribution is 2.31. The Kier molecular flexibility index (Phi) is 4.12. The number of esters is 1. The predicted octanol–water partition coefficient (Wildman–Crippen LogP) is 3.67. The quantitative estimate of drug-likeness (QED) is 0.658. The van der Waals surface area contributed by atoms with Gasteiger partial charge in [0.2, 0.25) is 11.8 Å². The van der Waals surface area contributed by atoms with Gasteiger partial charge in [0.1, 0.15) is 5.52 Å². The predicted molar refractivity (Wildman–Crippen MR) is 96.9 cm³/mol. The first-order valence-electron chi connectivity index (χ1n) is 8.10. The number of rotatable bonds is 3. The van der Waals surface area contributed by atoms with Gasteiger partial charge in [-0.3, -0.25) is 9.59 Å². The Hall–Kier alpha value is -2.86. The first-order valence-corrected chi connectivity index (χ1v) is 8.47. The van der Waals surface area contributed by atoms with Crippen molar-refractivity contribution in [3.63, 3.8) is 0 Å². The molecule has 2 aromatic carbocycles. The molecule has 3 aromatic rings. The minimum atomic E-state index is -0.442. The molecule has 0 radical (unpaired) electrons. The Labute approximate surface area is 154 Å². The van der Waals surface area contributed by atoms with Crippen molar-refractivity contribution in [1.29, 1.82) is 0 Å². The maximum Gasteiger partial charge on any atom is 0.311 e. The molecule has 1 amide bonds. The first kappa shape index (κ1) is 16.6. The molecule has 1 atom stereocenters. The molecule has 26 heavy (non-hydrogen) atoms. The number of carbonyl (C=O) groups is 2. The molecule has 0 unspecified atom stereocenters. The van der Waals surface area contributed by atoms with Crippen LogP contribution in [0.3, 0.4) is 0 Å². The van der Waals surface area contributed by atoms with Gasteiger partial charge in [-0.1, -0.05) is 17.7 Å². The van der Waals surface area contributed by atoms with Crippen LogP contribution in [0.2, 0.25) is 5.02 Å². The summed E-state index contributed by atoms with van der Waals surface area (Å²) in [6.07, 6.45) is 0.150. The normalized spacial score (nSPS) is 17.1. The lowest BCUT2D eigenvalue weighted by atomic mass is 10.1. The van der Waals surface area contributed by atoms with E-state index in [0.29, 0.717) is 34.2 Å². The van der Waals surface area contributed by atoms with Crippen LogP contribution in [-0.2, 0) is 14.3 Å². The standard InChI is InChI=1S/C19H15ClN2O4/c1-25-19(24)12-8-17(23)22(10-12)14-5-6-16-15(9-14)21-18(26-16)11-3-2-4-13(20)7-11/h2-7,9,12H,8,10H2,1H3/t12-/m1/s1. The molecule has 4 rings (SSSR count). The van der Waals surface area contributed by atoms with Crippen LogP contribution in [0.1, 0.15) is 6.42 Å².